The maximum atomic E-state index is 11.8. The highest BCUT2D eigenvalue weighted by Gasteiger charge is 2.18. The first-order valence-corrected chi connectivity index (χ1v) is 6.39. The third-order valence-electron chi connectivity index (χ3n) is 3.03. The van der Waals surface area contributed by atoms with Gasteiger partial charge in [-0.2, -0.15) is 0 Å². The molecule has 0 radical (unpaired) electrons. The lowest BCUT2D eigenvalue weighted by Crippen LogP contribution is -2.45. The van der Waals surface area contributed by atoms with Crippen LogP contribution in [0.2, 0.25) is 0 Å². The Labute approximate surface area is 108 Å². The number of hydrogen-bond acceptors (Lipinski definition) is 3. The number of aliphatic hydroxyl groups excluding tert-OH is 1. The first-order chi connectivity index (χ1) is 8.46. The van der Waals surface area contributed by atoms with E-state index in [0.29, 0.717) is 19.0 Å². The van der Waals surface area contributed by atoms with Crippen LogP contribution in [0.4, 0.5) is 4.79 Å². The Morgan fingerprint density at radius 2 is 1.78 bits per heavy atom. The van der Waals surface area contributed by atoms with E-state index in [-0.39, 0.29) is 12.6 Å². The maximum absolute atomic E-state index is 11.8. The van der Waals surface area contributed by atoms with Crippen molar-refractivity contribution >= 4 is 12.0 Å². The molecule has 0 aliphatic carbocycles. The molecule has 0 saturated carbocycles. The Morgan fingerprint density at radius 3 is 2.17 bits per heavy atom. The molecule has 0 saturated heterocycles. The van der Waals surface area contributed by atoms with E-state index < -0.39 is 12.1 Å². The molecule has 6 heteroatoms. The first-order valence-electron chi connectivity index (χ1n) is 6.39. The number of rotatable bonds is 8. The average Bonchev–Trinajstić information content (AvgIpc) is 2.36. The van der Waals surface area contributed by atoms with Gasteiger partial charge in [0.25, 0.3) is 0 Å². The highest BCUT2D eigenvalue weighted by atomic mass is 16.4. The second-order valence-corrected chi connectivity index (χ2v) is 4.26. The zero-order valence-electron chi connectivity index (χ0n) is 11.3. The van der Waals surface area contributed by atoms with Crippen LogP contribution in [0, 0.1) is 5.92 Å². The number of urea groups is 1. The normalized spacial score (nSPS) is 12.3. The minimum atomic E-state index is -1.55. The number of nitrogens with one attached hydrogen (secondary N) is 1. The predicted octanol–water partition coefficient (Wildman–Crippen LogP) is 0.900. The number of carbonyl (C=O) groups is 2. The molecule has 106 valence electrons. The number of hydrogen-bond donors (Lipinski definition) is 3. The Kier molecular flexibility index (Phi) is 8.11. The molecule has 0 unspecified atom stereocenters. The van der Waals surface area contributed by atoms with Crippen LogP contribution in [0.5, 0.6) is 0 Å². The van der Waals surface area contributed by atoms with Gasteiger partial charge in [0.1, 0.15) is 0 Å². The Balaban J connectivity index is 4.22. The summed E-state index contributed by atoms with van der Waals surface area (Å²) in [7, 11) is 0. The fourth-order valence-electron chi connectivity index (χ4n) is 1.60. The number of amides is 2. The van der Waals surface area contributed by atoms with Gasteiger partial charge in [0, 0.05) is 13.1 Å². The molecule has 0 fully saturated rings. The molecule has 3 N–H and O–H groups in total. The van der Waals surface area contributed by atoms with Crippen LogP contribution >= 0.6 is 0 Å². The van der Waals surface area contributed by atoms with Gasteiger partial charge in [-0.25, -0.2) is 9.59 Å². The molecule has 0 aromatic carbocycles. The van der Waals surface area contributed by atoms with Gasteiger partial charge >= 0.3 is 12.0 Å². The Hall–Kier alpha value is -1.30. The van der Waals surface area contributed by atoms with Crippen molar-refractivity contribution in [2.75, 3.05) is 19.6 Å². The maximum Gasteiger partial charge on any atom is 0.334 e. The molecule has 0 aliphatic rings. The molecular weight excluding hydrogens is 236 g/mol. The quantitative estimate of drug-likeness (QED) is 0.605. The van der Waals surface area contributed by atoms with E-state index in [0.717, 1.165) is 12.8 Å². The molecule has 1 atom stereocenters. The van der Waals surface area contributed by atoms with Crippen molar-refractivity contribution in [1.82, 2.24) is 10.2 Å². The van der Waals surface area contributed by atoms with Gasteiger partial charge in [-0.1, -0.05) is 26.7 Å². The lowest BCUT2D eigenvalue weighted by molar-refractivity contribution is -0.146. The second kappa shape index (κ2) is 8.74. The van der Waals surface area contributed by atoms with Crippen LogP contribution in [-0.4, -0.2) is 52.9 Å². The monoisotopic (exact) mass is 260 g/mol. The van der Waals surface area contributed by atoms with Gasteiger partial charge in [0.2, 0.25) is 0 Å². The SMILES string of the molecule is CCC(CC)CN(CC)C(=O)NC[C@H](O)C(=O)O. The van der Waals surface area contributed by atoms with Crippen molar-refractivity contribution in [3.05, 3.63) is 0 Å². The molecule has 0 aromatic heterocycles. The van der Waals surface area contributed by atoms with Gasteiger partial charge in [0.05, 0.1) is 6.54 Å². The van der Waals surface area contributed by atoms with Gasteiger partial charge < -0.3 is 20.4 Å². The van der Waals surface area contributed by atoms with E-state index in [1.807, 2.05) is 6.92 Å². The Bertz CT molecular complexity index is 267. The van der Waals surface area contributed by atoms with E-state index >= 15 is 0 Å². The van der Waals surface area contributed by atoms with Gasteiger partial charge in [-0.15, -0.1) is 0 Å². The highest BCUT2D eigenvalue weighted by molar-refractivity contribution is 5.76. The number of nitrogens with zero attached hydrogens (tertiary/aromatic N) is 1. The molecule has 2 amide bonds. The topological polar surface area (TPSA) is 89.9 Å². The van der Waals surface area contributed by atoms with Crippen molar-refractivity contribution in [1.29, 1.82) is 0 Å². The highest BCUT2D eigenvalue weighted by Crippen LogP contribution is 2.09. The van der Waals surface area contributed by atoms with Crippen LogP contribution < -0.4 is 5.32 Å². The summed E-state index contributed by atoms with van der Waals surface area (Å²) in [6.45, 7) is 6.97. The van der Waals surface area contributed by atoms with Gasteiger partial charge in [-0.05, 0) is 12.8 Å². The lowest BCUT2D eigenvalue weighted by Gasteiger charge is -2.25. The number of aliphatic carboxylic acids is 1. The van der Waals surface area contributed by atoms with E-state index in [2.05, 4.69) is 19.2 Å². The summed E-state index contributed by atoms with van der Waals surface area (Å²) in [4.78, 5) is 23.8. The summed E-state index contributed by atoms with van der Waals surface area (Å²) in [6.07, 6.45) is 0.441. The standard InChI is InChI=1S/C12H24N2O4/c1-4-9(5-2)8-14(6-3)12(18)13-7-10(15)11(16)17/h9-10,15H,4-8H2,1-3H3,(H,13,18)(H,16,17)/t10-/m0/s1. The van der Waals surface area contributed by atoms with Crippen LogP contribution in [-0.2, 0) is 4.79 Å². The molecule has 0 spiro atoms. The van der Waals surface area contributed by atoms with Crippen LogP contribution in [0.25, 0.3) is 0 Å². The van der Waals surface area contributed by atoms with Gasteiger partial charge in [0.15, 0.2) is 6.10 Å². The summed E-state index contributed by atoms with van der Waals surface area (Å²) in [5.41, 5.74) is 0. The van der Waals surface area contributed by atoms with Crippen molar-refractivity contribution < 1.29 is 19.8 Å². The largest absolute Gasteiger partial charge is 0.479 e. The van der Waals surface area contributed by atoms with E-state index in [1.54, 1.807) is 4.90 Å². The first kappa shape index (κ1) is 16.7. The minimum absolute atomic E-state index is 0.270. The minimum Gasteiger partial charge on any atom is -0.479 e. The molecule has 0 aliphatic heterocycles. The second-order valence-electron chi connectivity index (χ2n) is 4.26. The van der Waals surface area contributed by atoms with Gasteiger partial charge in [-0.3, -0.25) is 0 Å². The van der Waals surface area contributed by atoms with E-state index in [4.69, 9.17) is 10.2 Å². The predicted molar refractivity (Wildman–Crippen MR) is 68.4 cm³/mol. The smallest absolute Gasteiger partial charge is 0.334 e. The third-order valence-corrected chi connectivity index (χ3v) is 3.03. The van der Waals surface area contributed by atoms with Crippen LogP contribution in [0.3, 0.4) is 0 Å². The number of carboxylic acid groups (broad SMARTS) is 1. The third kappa shape index (κ3) is 5.86. The van der Waals surface area contributed by atoms with Crippen molar-refractivity contribution in [3.63, 3.8) is 0 Å². The summed E-state index contributed by atoms with van der Waals surface area (Å²) in [6, 6.07) is -0.329. The number of carboxylic acids is 1. The van der Waals surface area contributed by atoms with E-state index in [9.17, 15) is 9.59 Å². The van der Waals surface area contributed by atoms with Crippen LogP contribution in [0.1, 0.15) is 33.6 Å². The molecular formula is C12H24N2O4. The lowest BCUT2D eigenvalue weighted by atomic mass is 10.0. The molecule has 6 nitrogen and oxygen atoms in total. The number of carbonyl (C=O) groups excluding carboxylic acids is 1. The fourth-order valence-corrected chi connectivity index (χ4v) is 1.60. The molecule has 0 rings (SSSR count). The van der Waals surface area contributed by atoms with E-state index in [1.165, 1.54) is 0 Å². The Morgan fingerprint density at radius 1 is 1.22 bits per heavy atom. The molecule has 0 heterocycles. The van der Waals surface area contributed by atoms with Crippen molar-refractivity contribution in [3.8, 4) is 0 Å². The molecule has 0 aromatic rings. The van der Waals surface area contributed by atoms with Crippen LogP contribution in [0.15, 0.2) is 0 Å². The zero-order valence-corrected chi connectivity index (χ0v) is 11.3. The fraction of sp³-hybridized carbons (Fsp3) is 0.833. The summed E-state index contributed by atoms with van der Waals surface area (Å²) >= 11 is 0. The van der Waals surface area contributed by atoms with Crippen molar-refractivity contribution in [2.45, 2.75) is 39.7 Å². The summed E-state index contributed by atoms with van der Waals surface area (Å²) in [5.74, 6) is -0.890. The summed E-state index contributed by atoms with van der Waals surface area (Å²) in [5, 5.41) is 20.0. The summed E-state index contributed by atoms with van der Waals surface area (Å²) < 4.78 is 0. The zero-order chi connectivity index (χ0) is 14.1. The molecule has 0 bridgehead atoms. The number of aliphatic hydroxyl groups is 1. The van der Waals surface area contributed by atoms with Crippen molar-refractivity contribution in [2.24, 2.45) is 5.92 Å². The molecule has 18 heavy (non-hydrogen) atoms. The average molecular weight is 260 g/mol.